The van der Waals surface area contributed by atoms with Gasteiger partial charge in [-0.2, -0.15) is 0 Å². The third kappa shape index (κ3) is 1.91. The maximum atomic E-state index is 11.2. The molecule has 2 heterocycles. The molecule has 1 aliphatic rings. The van der Waals surface area contributed by atoms with Crippen LogP contribution in [0, 0.1) is 0 Å². The molecule has 1 unspecified atom stereocenters. The number of carbonyl (C=O) groups excluding carboxylic acids is 1. The van der Waals surface area contributed by atoms with Crippen LogP contribution in [-0.2, 0) is 11.5 Å². The van der Waals surface area contributed by atoms with E-state index in [1.54, 1.807) is 10.9 Å². The second-order valence-corrected chi connectivity index (χ2v) is 3.47. The number of imidazole rings is 1. The van der Waals surface area contributed by atoms with E-state index < -0.39 is 5.37 Å². The number of nitrogens with one attached hydrogen (secondary N) is 2. The van der Waals surface area contributed by atoms with Crippen LogP contribution in [0.4, 0.5) is 10.6 Å². The molecule has 0 fully saturated rings. The van der Waals surface area contributed by atoms with Gasteiger partial charge in [0.25, 0.3) is 0 Å². The minimum absolute atomic E-state index is 0.115. The predicted octanol–water partition coefficient (Wildman–Crippen LogP) is -0.163. The van der Waals surface area contributed by atoms with Crippen LogP contribution >= 0.6 is 12.6 Å². The van der Waals surface area contributed by atoms with Crippen molar-refractivity contribution in [2.45, 2.75) is 12.1 Å². The van der Waals surface area contributed by atoms with E-state index >= 15 is 0 Å². The molecule has 0 aliphatic carbocycles. The van der Waals surface area contributed by atoms with Gasteiger partial charge in [-0.25, -0.2) is 9.78 Å². The zero-order valence-corrected chi connectivity index (χ0v) is 8.70. The largest absolute Gasteiger partial charge is 0.346 e. The van der Waals surface area contributed by atoms with E-state index in [-0.39, 0.29) is 19.5 Å². The smallest absolute Gasteiger partial charge is 0.321 e. The molecular formula is C7H11N5O2S. The first kappa shape index (κ1) is 10.3. The Balaban J connectivity index is 2.24. The highest BCUT2D eigenvalue weighted by Gasteiger charge is 2.25. The summed E-state index contributed by atoms with van der Waals surface area (Å²) in [5, 5.41) is 4.81. The summed E-state index contributed by atoms with van der Waals surface area (Å²) in [7, 11) is 0. The number of carbonyl (C=O) groups is 1. The zero-order valence-electron chi connectivity index (χ0n) is 7.80. The summed E-state index contributed by atoms with van der Waals surface area (Å²) in [4.78, 5) is 15.3. The highest BCUT2D eigenvalue weighted by Crippen LogP contribution is 2.27. The summed E-state index contributed by atoms with van der Waals surface area (Å²) >= 11 is 4.19. The standard InChI is InChI=1S/C7H11N5O2S/c8-1-14-3-12-2-9-4-5(12)10-7(13)11-6(4)15/h2,6,15H,1,3,8H2,(H2,10,11,13). The lowest BCUT2D eigenvalue weighted by Crippen LogP contribution is -2.36. The normalized spacial score (nSPS) is 19.3. The number of ether oxygens (including phenoxy) is 1. The molecule has 0 bridgehead atoms. The van der Waals surface area contributed by atoms with Gasteiger partial charge in [-0.1, -0.05) is 0 Å². The summed E-state index contributed by atoms with van der Waals surface area (Å²) in [5.41, 5.74) is 5.87. The van der Waals surface area contributed by atoms with Crippen molar-refractivity contribution in [2.75, 3.05) is 12.0 Å². The minimum Gasteiger partial charge on any atom is -0.346 e. The van der Waals surface area contributed by atoms with E-state index in [0.29, 0.717) is 11.5 Å². The number of aromatic nitrogens is 2. The van der Waals surface area contributed by atoms with Crippen LogP contribution in [0.15, 0.2) is 6.33 Å². The quantitative estimate of drug-likeness (QED) is 0.428. The van der Waals surface area contributed by atoms with Crippen LogP contribution in [0.5, 0.6) is 0 Å². The Morgan fingerprint density at radius 3 is 3.27 bits per heavy atom. The second-order valence-electron chi connectivity index (χ2n) is 2.95. The van der Waals surface area contributed by atoms with Crippen LogP contribution in [-0.4, -0.2) is 22.3 Å². The first-order valence-corrected chi connectivity index (χ1v) is 4.82. The molecule has 82 valence electrons. The SMILES string of the molecule is NCOCn1cnc2c1NC(=O)NC2S. The van der Waals surface area contributed by atoms with Gasteiger partial charge in [-0.3, -0.25) is 9.88 Å². The summed E-state index contributed by atoms with van der Waals surface area (Å²) in [6.07, 6.45) is 1.57. The van der Waals surface area contributed by atoms with Gasteiger partial charge in [0.1, 0.15) is 23.6 Å². The van der Waals surface area contributed by atoms with Gasteiger partial charge in [0, 0.05) is 0 Å². The molecule has 0 saturated heterocycles. The lowest BCUT2D eigenvalue weighted by atomic mass is 10.3. The van der Waals surface area contributed by atoms with Crippen molar-refractivity contribution in [1.29, 1.82) is 0 Å². The maximum Gasteiger partial charge on any atom is 0.321 e. The minimum atomic E-state index is -0.395. The third-order valence-corrected chi connectivity index (χ3v) is 2.35. The molecule has 0 radical (unpaired) electrons. The molecule has 15 heavy (non-hydrogen) atoms. The topological polar surface area (TPSA) is 94.2 Å². The molecule has 2 amide bonds. The molecule has 2 rings (SSSR count). The summed E-state index contributed by atoms with van der Waals surface area (Å²) in [6.45, 7) is 0.364. The molecule has 7 nitrogen and oxygen atoms in total. The van der Waals surface area contributed by atoms with Crippen molar-refractivity contribution >= 4 is 24.5 Å². The molecule has 4 N–H and O–H groups in total. The molecule has 8 heteroatoms. The Bertz CT molecular complexity index is 379. The van der Waals surface area contributed by atoms with Crippen LogP contribution in [0.1, 0.15) is 11.1 Å². The van der Waals surface area contributed by atoms with Gasteiger partial charge in [0.15, 0.2) is 0 Å². The van der Waals surface area contributed by atoms with E-state index in [4.69, 9.17) is 10.5 Å². The van der Waals surface area contributed by atoms with Crippen molar-refractivity contribution in [2.24, 2.45) is 5.73 Å². The maximum absolute atomic E-state index is 11.2. The Morgan fingerprint density at radius 2 is 2.53 bits per heavy atom. The number of fused-ring (bicyclic) bond motifs is 1. The van der Waals surface area contributed by atoms with Gasteiger partial charge in [0.05, 0.1) is 13.1 Å². The third-order valence-electron chi connectivity index (χ3n) is 1.97. The van der Waals surface area contributed by atoms with Gasteiger partial charge < -0.3 is 15.8 Å². The van der Waals surface area contributed by atoms with Crippen molar-refractivity contribution in [1.82, 2.24) is 14.9 Å². The summed E-state index contributed by atoms with van der Waals surface area (Å²) in [6, 6.07) is -0.308. The van der Waals surface area contributed by atoms with Crippen LogP contribution < -0.4 is 16.4 Å². The van der Waals surface area contributed by atoms with E-state index in [0.717, 1.165) is 0 Å². The fourth-order valence-corrected chi connectivity index (χ4v) is 1.63. The molecule has 0 saturated carbocycles. The number of hydrogen-bond donors (Lipinski definition) is 4. The fraction of sp³-hybridized carbons (Fsp3) is 0.429. The first-order valence-electron chi connectivity index (χ1n) is 4.31. The van der Waals surface area contributed by atoms with Gasteiger partial charge in [0.2, 0.25) is 0 Å². The van der Waals surface area contributed by atoms with E-state index in [9.17, 15) is 4.79 Å². The Kier molecular flexibility index (Phi) is 2.80. The number of hydrogen-bond acceptors (Lipinski definition) is 5. The number of amides is 2. The molecule has 1 aromatic rings. The fourth-order valence-electron chi connectivity index (χ4n) is 1.32. The molecular weight excluding hydrogens is 218 g/mol. The number of thiol groups is 1. The first-order chi connectivity index (χ1) is 7.22. The van der Waals surface area contributed by atoms with E-state index in [1.165, 1.54) is 0 Å². The van der Waals surface area contributed by atoms with Crippen LogP contribution in [0.2, 0.25) is 0 Å². The highest BCUT2D eigenvalue weighted by molar-refractivity contribution is 7.80. The Hall–Kier alpha value is -1.25. The predicted molar refractivity (Wildman–Crippen MR) is 56.2 cm³/mol. The Morgan fingerprint density at radius 1 is 1.73 bits per heavy atom. The van der Waals surface area contributed by atoms with Gasteiger partial charge in [-0.05, 0) is 0 Å². The summed E-state index contributed by atoms with van der Waals surface area (Å²) in [5.74, 6) is 0.590. The van der Waals surface area contributed by atoms with E-state index in [2.05, 4.69) is 28.2 Å². The van der Waals surface area contributed by atoms with Crippen LogP contribution in [0.3, 0.4) is 0 Å². The van der Waals surface area contributed by atoms with Crippen molar-refractivity contribution in [3.63, 3.8) is 0 Å². The molecule has 1 aliphatic heterocycles. The zero-order chi connectivity index (χ0) is 10.8. The Labute approximate surface area is 91.4 Å². The number of rotatable bonds is 3. The number of nitrogens with two attached hydrogens (primary N) is 1. The van der Waals surface area contributed by atoms with Gasteiger partial charge in [-0.15, -0.1) is 12.6 Å². The molecule has 0 spiro atoms. The monoisotopic (exact) mass is 229 g/mol. The molecule has 1 aromatic heterocycles. The lowest BCUT2D eigenvalue weighted by molar-refractivity contribution is 0.0835. The number of nitrogens with zero attached hydrogens (tertiary/aromatic N) is 2. The average molecular weight is 229 g/mol. The van der Waals surface area contributed by atoms with Crippen molar-refractivity contribution < 1.29 is 9.53 Å². The second kappa shape index (κ2) is 4.09. The lowest BCUT2D eigenvalue weighted by Gasteiger charge is -2.20. The van der Waals surface area contributed by atoms with Crippen molar-refractivity contribution in [3.8, 4) is 0 Å². The van der Waals surface area contributed by atoms with Crippen LogP contribution in [0.25, 0.3) is 0 Å². The highest BCUT2D eigenvalue weighted by atomic mass is 32.1. The van der Waals surface area contributed by atoms with Gasteiger partial charge >= 0.3 is 6.03 Å². The van der Waals surface area contributed by atoms with Crippen molar-refractivity contribution in [3.05, 3.63) is 12.0 Å². The average Bonchev–Trinajstić information content (AvgIpc) is 2.58. The van der Waals surface area contributed by atoms with E-state index in [1.807, 2.05) is 0 Å². The molecule has 0 aromatic carbocycles. The molecule has 1 atom stereocenters. The number of urea groups is 1. The number of anilines is 1. The summed E-state index contributed by atoms with van der Waals surface area (Å²) < 4.78 is 6.68.